The Bertz CT molecular complexity index is 1110. The number of fused-ring (bicyclic) bond motifs is 1. The molecule has 2 aromatic heterocycles. The van der Waals surface area contributed by atoms with E-state index in [-0.39, 0.29) is 11.2 Å². The Labute approximate surface area is 148 Å². The minimum Gasteiger partial charge on any atom is -0.508 e. The molecule has 0 atom stereocenters. The second kappa shape index (κ2) is 6.18. The van der Waals surface area contributed by atoms with E-state index in [0.717, 1.165) is 16.1 Å². The van der Waals surface area contributed by atoms with E-state index < -0.39 is 0 Å². The van der Waals surface area contributed by atoms with E-state index in [2.05, 4.69) is 4.98 Å². The number of hydrogen-bond donors (Lipinski definition) is 1. The molecule has 1 N–H and O–H groups in total. The molecule has 25 heavy (non-hydrogen) atoms. The molecule has 0 aliphatic carbocycles. The Morgan fingerprint density at radius 3 is 2.76 bits per heavy atom. The van der Waals surface area contributed by atoms with E-state index in [0.29, 0.717) is 28.6 Å². The van der Waals surface area contributed by atoms with Gasteiger partial charge >= 0.3 is 0 Å². The van der Waals surface area contributed by atoms with Crippen LogP contribution in [0.1, 0.15) is 12.5 Å². The van der Waals surface area contributed by atoms with Crippen LogP contribution >= 0.6 is 11.3 Å². The molecule has 4 nitrogen and oxygen atoms in total. The number of benzene rings is 2. The molecule has 0 bridgehead atoms. The number of rotatable bonds is 3. The molecular weight excluding hydrogens is 334 g/mol. The van der Waals surface area contributed by atoms with Crippen LogP contribution < -0.4 is 5.43 Å². The van der Waals surface area contributed by atoms with Crippen LogP contribution in [-0.4, -0.2) is 10.1 Å². The summed E-state index contributed by atoms with van der Waals surface area (Å²) in [6.07, 6.45) is 2.06. The first kappa shape index (κ1) is 15.6. The molecule has 0 spiro atoms. The third-order valence-corrected chi connectivity index (χ3v) is 5.05. The molecule has 0 unspecified atom stereocenters. The van der Waals surface area contributed by atoms with Crippen molar-refractivity contribution in [2.45, 2.75) is 13.3 Å². The van der Waals surface area contributed by atoms with Crippen LogP contribution in [0.5, 0.6) is 5.75 Å². The van der Waals surface area contributed by atoms with Gasteiger partial charge in [0.25, 0.3) is 0 Å². The van der Waals surface area contributed by atoms with Gasteiger partial charge in [-0.2, -0.15) is 0 Å². The zero-order valence-electron chi connectivity index (χ0n) is 13.5. The summed E-state index contributed by atoms with van der Waals surface area (Å²) in [6.45, 7) is 1.93. The quantitative estimate of drug-likeness (QED) is 0.574. The summed E-state index contributed by atoms with van der Waals surface area (Å²) in [7, 11) is 0. The first-order valence-corrected chi connectivity index (χ1v) is 8.84. The topological polar surface area (TPSA) is 63.3 Å². The third kappa shape index (κ3) is 2.72. The summed E-state index contributed by atoms with van der Waals surface area (Å²) < 4.78 is 5.58. The van der Waals surface area contributed by atoms with Gasteiger partial charge in [-0.25, -0.2) is 4.98 Å². The number of nitrogens with zero attached hydrogens (tertiary/aromatic N) is 1. The first-order valence-electron chi connectivity index (χ1n) is 7.96. The van der Waals surface area contributed by atoms with Gasteiger partial charge in [0.1, 0.15) is 22.6 Å². The van der Waals surface area contributed by atoms with Crippen LogP contribution in [0.4, 0.5) is 0 Å². The molecular formula is C20H15NO3S. The Hall–Kier alpha value is -2.92. The van der Waals surface area contributed by atoms with Gasteiger partial charge in [-0.15, -0.1) is 11.3 Å². The van der Waals surface area contributed by atoms with Crippen molar-refractivity contribution < 1.29 is 9.52 Å². The lowest BCUT2D eigenvalue weighted by atomic mass is 10.1. The predicted octanol–water partition coefficient (Wildman–Crippen LogP) is 4.85. The van der Waals surface area contributed by atoms with Crippen LogP contribution in [-0.2, 0) is 6.42 Å². The Kier molecular flexibility index (Phi) is 3.86. The van der Waals surface area contributed by atoms with Gasteiger partial charge in [-0.1, -0.05) is 37.3 Å². The Balaban J connectivity index is 1.85. The minimum atomic E-state index is -0.138. The van der Waals surface area contributed by atoms with E-state index >= 15 is 0 Å². The van der Waals surface area contributed by atoms with Crippen molar-refractivity contribution in [1.29, 1.82) is 0 Å². The predicted molar refractivity (Wildman–Crippen MR) is 100 cm³/mol. The summed E-state index contributed by atoms with van der Waals surface area (Å²) in [6, 6.07) is 13.0. The summed E-state index contributed by atoms with van der Waals surface area (Å²) in [4.78, 5) is 17.5. The molecule has 4 aromatic rings. The van der Waals surface area contributed by atoms with E-state index in [1.807, 2.05) is 42.6 Å². The number of thiazole rings is 1. The van der Waals surface area contributed by atoms with Crippen LogP contribution in [0, 0.1) is 0 Å². The van der Waals surface area contributed by atoms with Crippen LogP contribution in [0.3, 0.4) is 0 Å². The van der Waals surface area contributed by atoms with Gasteiger partial charge in [0, 0.05) is 17.0 Å². The number of aryl methyl sites for hydroxylation is 1. The highest BCUT2D eigenvalue weighted by molar-refractivity contribution is 7.13. The standard InChI is InChI=1S/C20H15NO3S/c1-2-12-8-14-18(9-17(12)22)24-10-15(19(14)23)16-11-25-20(21-16)13-6-4-3-5-7-13/h3-11,22H,2H2,1H3. The van der Waals surface area contributed by atoms with E-state index in [1.54, 1.807) is 6.07 Å². The molecule has 5 heteroatoms. The summed E-state index contributed by atoms with van der Waals surface area (Å²) in [5, 5.41) is 13.1. The SMILES string of the molecule is CCc1cc2c(=O)c(-c3csc(-c4ccccc4)n3)coc2cc1O. The van der Waals surface area contributed by atoms with E-state index in [1.165, 1.54) is 23.7 Å². The average Bonchev–Trinajstić information content (AvgIpc) is 3.12. The molecule has 0 saturated carbocycles. The lowest BCUT2D eigenvalue weighted by Crippen LogP contribution is -2.05. The highest BCUT2D eigenvalue weighted by Crippen LogP contribution is 2.29. The van der Waals surface area contributed by atoms with Crippen molar-refractivity contribution in [1.82, 2.24) is 4.98 Å². The zero-order chi connectivity index (χ0) is 17.4. The summed E-state index contributed by atoms with van der Waals surface area (Å²) in [5.41, 5.74) is 3.01. The van der Waals surface area contributed by atoms with Crippen molar-refractivity contribution in [3.8, 4) is 27.6 Å². The van der Waals surface area contributed by atoms with Crippen LogP contribution in [0.25, 0.3) is 32.8 Å². The van der Waals surface area contributed by atoms with Gasteiger partial charge in [0.05, 0.1) is 16.6 Å². The fourth-order valence-electron chi connectivity index (χ4n) is 2.78. The second-order valence-corrected chi connectivity index (χ2v) is 6.57. The smallest absolute Gasteiger partial charge is 0.202 e. The van der Waals surface area contributed by atoms with Gasteiger partial charge in [0.15, 0.2) is 0 Å². The number of phenolic OH excluding ortho intramolecular Hbond substituents is 1. The molecule has 2 aromatic carbocycles. The molecule has 0 amide bonds. The lowest BCUT2D eigenvalue weighted by molar-refractivity contribution is 0.467. The molecule has 2 heterocycles. The van der Waals surface area contributed by atoms with Gasteiger partial charge in [-0.3, -0.25) is 4.79 Å². The highest BCUT2D eigenvalue weighted by atomic mass is 32.1. The van der Waals surface area contributed by atoms with Gasteiger partial charge < -0.3 is 9.52 Å². The number of phenols is 1. The van der Waals surface area contributed by atoms with Crippen molar-refractivity contribution in [2.75, 3.05) is 0 Å². The Morgan fingerprint density at radius 2 is 2.00 bits per heavy atom. The van der Waals surface area contributed by atoms with Crippen LogP contribution in [0.2, 0.25) is 0 Å². The summed E-state index contributed by atoms with van der Waals surface area (Å²) >= 11 is 1.49. The molecule has 0 radical (unpaired) electrons. The van der Waals surface area contributed by atoms with Crippen molar-refractivity contribution in [3.05, 3.63) is 69.9 Å². The van der Waals surface area contributed by atoms with Crippen molar-refractivity contribution in [2.24, 2.45) is 0 Å². The molecule has 0 saturated heterocycles. The molecule has 4 rings (SSSR count). The molecule has 124 valence electrons. The summed E-state index contributed by atoms with van der Waals surface area (Å²) in [5.74, 6) is 0.144. The highest BCUT2D eigenvalue weighted by Gasteiger charge is 2.14. The number of aromatic hydroxyl groups is 1. The zero-order valence-corrected chi connectivity index (χ0v) is 14.3. The van der Waals surface area contributed by atoms with Gasteiger partial charge in [0.2, 0.25) is 5.43 Å². The molecule has 0 aliphatic rings. The maximum Gasteiger partial charge on any atom is 0.202 e. The van der Waals surface area contributed by atoms with E-state index in [4.69, 9.17) is 4.42 Å². The third-order valence-electron chi connectivity index (χ3n) is 4.16. The molecule has 0 fully saturated rings. The fourth-order valence-corrected chi connectivity index (χ4v) is 3.61. The maximum absolute atomic E-state index is 12.9. The molecule has 0 aliphatic heterocycles. The minimum absolute atomic E-state index is 0.138. The average molecular weight is 349 g/mol. The van der Waals surface area contributed by atoms with Crippen molar-refractivity contribution in [3.63, 3.8) is 0 Å². The van der Waals surface area contributed by atoms with Crippen molar-refractivity contribution >= 4 is 22.3 Å². The number of aromatic nitrogens is 1. The van der Waals surface area contributed by atoms with E-state index in [9.17, 15) is 9.90 Å². The lowest BCUT2D eigenvalue weighted by Gasteiger charge is -2.05. The van der Waals surface area contributed by atoms with Crippen LogP contribution in [0.15, 0.2) is 63.3 Å². The fraction of sp³-hybridized carbons (Fsp3) is 0.100. The second-order valence-electron chi connectivity index (χ2n) is 5.71. The Morgan fingerprint density at radius 1 is 1.20 bits per heavy atom. The normalized spacial score (nSPS) is 11.1. The maximum atomic E-state index is 12.9. The largest absolute Gasteiger partial charge is 0.508 e. The first-order chi connectivity index (χ1) is 12.2. The van der Waals surface area contributed by atoms with Gasteiger partial charge in [-0.05, 0) is 18.1 Å². The number of hydrogen-bond acceptors (Lipinski definition) is 5. The monoisotopic (exact) mass is 349 g/mol.